The predicted molar refractivity (Wildman–Crippen MR) is 73.4 cm³/mol. The molecular formula is C15H19NO3. The van der Waals surface area contributed by atoms with E-state index in [1.54, 1.807) is 6.92 Å². The third-order valence-corrected chi connectivity index (χ3v) is 3.15. The molecule has 1 aromatic carbocycles. The molecule has 2 rings (SSSR count). The van der Waals surface area contributed by atoms with Gasteiger partial charge in [-0.15, -0.1) is 0 Å². The average molecular weight is 261 g/mol. The second-order valence-electron chi connectivity index (χ2n) is 4.89. The van der Waals surface area contributed by atoms with Gasteiger partial charge < -0.3 is 14.8 Å². The highest BCUT2D eigenvalue weighted by Crippen LogP contribution is 2.28. The molecule has 1 N–H and O–H groups in total. The van der Waals surface area contributed by atoms with Crippen LogP contribution in [0.15, 0.2) is 18.2 Å². The van der Waals surface area contributed by atoms with Crippen LogP contribution in [0, 0.1) is 0 Å². The molecule has 0 atom stereocenters. The first kappa shape index (κ1) is 13.6. The number of amides is 1. The molecule has 0 bridgehead atoms. The van der Waals surface area contributed by atoms with E-state index in [4.69, 9.17) is 4.74 Å². The molecule has 1 amide bonds. The molecule has 1 heterocycles. The number of fused-ring (bicyclic) bond motifs is 1. The van der Waals surface area contributed by atoms with E-state index in [-0.39, 0.29) is 11.7 Å². The summed E-state index contributed by atoms with van der Waals surface area (Å²) in [5.41, 5.74) is 1.92. The SMILES string of the molecule is CC(=O)CCCCc1ccc2c(c1)NC(=O)CCO2. The van der Waals surface area contributed by atoms with Crippen molar-refractivity contribution in [2.45, 2.75) is 39.0 Å². The molecule has 1 aliphatic heterocycles. The number of ketones is 1. The largest absolute Gasteiger partial charge is 0.491 e. The van der Waals surface area contributed by atoms with Gasteiger partial charge in [-0.2, -0.15) is 0 Å². The first-order valence-corrected chi connectivity index (χ1v) is 6.70. The molecule has 19 heavy (non-hydrogen) atoms. The third-order valence-electron chi connectivity index (χ3n) is 3.15. The van der Waals surface area contributed by atoms with Crippen LogP contribution in [0.2, 0.25) is 0 Å². The number of carbonyl (C=O) groups is 2. The molecule has 0 fully saturated rings. The van der Waals surface area contributed by atoms with Gasteiger partial charge in [0, 0.05) is 6.42 Å². The highest BCUT2D eigenvalue weighted by molar-refractivity contribution is 5.93. The van der Waals surface area contributed by atoms with Crippen molar-refractivity contribution in [2.24, 2.45) is 0 Å². The number of aryl methyl sites for hydroxylation is 1. The summed E-state index contributed by atoms with van der Waals surface area (Å²) in [5.74, 6) is 0.966. The van der Waals surface area contributed by atoms with Crippen LogP contribution in [0.1, 0.15) is 38.2 Å². The summed E-state index contributed by atoms with van der Waals surface area (Å²) in [5, 5.41) is 2.85. The quantitative estimate of drug-likeness (QED) is 0.829. The zero-order valence-electron chi connectivity index (χ0n) is 11.2. The molecule has 4 heteroatoms. The molecule has 0 unspecified atom stereocenters. The molecule has 0 aliphatic carbocycles. The summed E-state index contributed by atoms with van der Waals surface area (Å²) in [7, 11) is 0. The van der Waals surface area contributed by atoms with E-state index in [0.29, 0.717) is 19.4 Å². The van der Waals surface area contributed by atoms with E-state index in [9.17, 15) is 9.59 Å². The normalized spacial score (nSPS) is 14.1. The number of hydrogen-bond donors (Lipinski definition) is 1. The molecule has 0 aromatic heterocycles. The van der Waals surface area contributed by atoms with E-state index >= 15 is 0 Å². The smallest absolute Gasteiger partial charge is 0.227 e. The number of nitrogens with one attached hydrogen (secondary N) is 1. The van der Waals surface area contributed by atoms with E-state index < -0.39 is 0 Å². The Morgan fingerprint density at radius 1 is 1.37 bits per heavy atom. The summed E-state index contributed by atoms with van der Waals surface area (Å²) in [6.07, 6.45) is 3.84. The Kier molecular flexibility index (Phi) is 4.55. The van der Waals surface area contributed by atoms with Gasteiger partial charge in [0.1, 0.15) is 11.5 Å². The lowest BCUT2D eigenvalue weighted by Crippen LogP contribution is -2.10. The fraction of sp³-hybridized carbons (Fsp3) is 0.467. The van der Waals surface area contributed by atoms with Crippen molar-refractivity contribution in [2.75, 3.05) is 11.9 Å². The fourth-order valence-electron chi connectivity index (χ4n) is 2.13. The number of anilines is 1. The zero-order valence-corrected chi connectivity index (χ0v) is 11.2. The molecule has 102 valence electrons. The van der Waals surface area contributed by atoms with Crippen LogP contribution < -0.4 is 10.1 Å². The number of carbonyl (C=O) groups excluding carboxylic acids is 2. The fourth-order valence-corrected chi connectivity index (χ4v) is 2.13. The standard InChI is InChI=1S/C15H19NO3/c1-11(17)4-2-3-5-12-6-7-14-13(10-12)16-15(18)8-9-19-14/h6-7,10H,2-5,8-9H2,1H3,(H,16,18). The van der Waals surface area contributed by atoms with Gasteiger partial charge in [0.25, 0.3) is 0 Å². The van der Waals surface area contributed by atoms with Crippen molar-refractivity contribution in [3.63, 3.8) is 0 Å². The van der Waals surface area contributed by atoms with Crippen molar-refractivity contribution in [3.8, 4) is 5.75 Å². The van der Waals surface area contributed by atoms with Crippen LogP contribution in [0.3, 0.4) is 0 Å². The van der Waals surface area contributed by atoms with Gasteiger partial charge in [-0.05, 0) is 43.9 Å². The molecule has 4 nitrogen and oxygen atoms in total. The lowest BCUT2D eigenvalue weighted by atomic mass is 10.1. The van der Waals surface area contributed by atoms with Crippen LogP contribution in [-0.2, 0) is 16.0 Å². The number of benzene rings is 1. The maximum Gasteiger partial charge on any atom is 0.227 e. The van der Waals surface area contributed by atoms with E-state index in [1.165, 1.54) is 0 Å². The van der Waals surface area contributed by atoms with Gasteiger partial charge >= 0.3 is 0 Å². The molecule has 0 saturated heterocycles. The molecule has 1 aromatic rings. The molecule has 0 radical (unpaired) electrons. The van der Waals surface area contributed by atoms with Gasteiger partial charge in [-0.25, -0.2) is 0 Å². The van der Waals surface area contributed by atoms with Crippen molar-refractivity contribution < 1.29 is 14.3 Å². The average Bonchev–Trinajstić information content (AvgIpc) is 2.54. The monoisotopic (exact) mass is 261 g/mol. The molecular weight excluding hydrogens is 242 g/mol. The van der Waals surface area contributed by atoms with Crippen LogP contribution in [0.4, 0.5) is 5.69 Å². The van der Waals surface area contributed by atoms with E-state index in [2.05, 4.69) is 5.32 Å². The minimum atomic E-state index is -0.00696. The highest BCUT2D eigenvalue weighted by atomic mass is 16.5. The third kappa shape index (κ3) is 4.09. The molecule has 0 saturated carbocycles. The topological polar surface area (TPSA) is 55.4 Å². The number of rotatable bonds is 5. The summed E-state index contributed by atoms with van der Waals surface area (Å²) >= 11 is 0. The van der Waals surface area contributed by atoms with Crippen molar-refractivity contribution in [1.82, 2.24) is 0 Å². The number of hydrogen-bond acceptors (Lipinski definition) is 3. The highest BCUT2D eigenvalue weighted by Gasteiger charge is 2.13. The van der Waals surface area contributed by atoms with Crippen LogP contribution in [-0.4, -0.2) is 18.3 Å². The Balaban J connectivity index is 1.96. The summed E-state index contributed by atoms with van der Waals surface area (Å²) < 4.78 is 5.50. The summed E-state index contributed by atoms with van der Waals surface area (Å²) in [6, 6.07) is 5.89. The summed E-state index contributed by atoms with van der Waals surface area (Å²) in [6.45, 7) is 2.05. The second kappa shape index (κ2) is 6.36. The lowest BCUT2D eigenvalue weighted by Gasteiger charge is -2.09. The van der Waals surface area contributed by atoms with Gasteiger partial charge in [-0.1, -0.05) is 6.07 Å². The Bertz CT molecular complexity index is 482. The second-order valence-corrected chi connectivity index (χ2v) is 4.89. The Labute approximate surface area is 113 Å². The predicted octanol–water partition coefficient (Wildman–Crippen LogP) is 2.71. The first-order chi connectivity index (χ1) is 9.15. The first-order valence-electron chi connectivity index (χ1n) is 6.70. The van der Waals surface area contributed by atoms with Crippen LogP contribution in [0.25, 0.3) is 0 Å². The van der Waals surface area contributed by atoms with Crippen molar-refractivity contribution >= 4 is 17.4 Å². The minimum absolute atomic E-state index is 0.00696. The van der Waals surface area contributed by atoms with Gasteiger partial charge in [0.2, 0.25) is 5.91 Å². The van der Waals surface area contributed by atoms with Gasteiger partial charge in [0.05, 0.1) is 18.7 Å². The molecule has 1 aliphatic rings. The molecule has 0 spiro atoms. The number of Topliss-reactive ketones (excluding diaryl/α,β-unsaturated/α-hetero) is 1. The van der Waals surface area contributed by atoms with E-state index in [0.717, 1.165) is 36.3 Å². The Hall–Kier alpha value is -1.84. The summed E-state index contributed by atoms with van der Waals surface area (Å²) in [4.78, 5) is 22.3. The Morgan fingerprint density at radius 3 is 3.00 bits per heavy atom. The lowest BCUT2D eigenvalue weighted by molar-refractivity contribution is -0.117. The Morgan fingerprint density at radius 2 is 2.21 bits per heavy atom. The van der Waals surface area contributed by atoms with Gasteiger partial charge in [0.15, 0.2) is 0 Å². The maximum atomic E-state index is 11.5. The maximum absolute atomic E-state index is 11.5. The van der Waals surface area contributed by atoms with Crippen molar-refractivity contribution in [1.29, 1.82) is 0 Å². The zero-order chi connectivity index (χ0) is 13.7. The number of ether oxygens (including phenoxy) is 1. The minimum Gasteiger partial charge on any atom is -0.491 e. The van der Waals surface area contributed by atoms with Crippen molar-refractivity contribution in [3.05, 3.63) is 23.8 Å². The van der Waals surface area contributed by atoms with E-state index in [1.807, 2.05) is 18.2 Å². The van der Waals surface area contributed by atoms with Crippen LogP contribution >= 0.6 is 0 Å². The number of unbranched alkanes of at least 4 members (excludes halogenated alkanes) is 1. The van der Waals surface area contributed by atoms with Gasteiger partial charge in [-0.3, -0.25) is 4.79 Å². The van der Waals surface area contributed by atoms with Crippen LogP contribution in [0.5, 0.6) is 5.75 Å².